The highest BCUT2D eigenvalue weighted by atomic mass is 32.2. The summed E-state index contributed by atoms with van der Waals surface area (Å²) in [5.41, 5.74) is 1.78. The van der Waals surface area contributed by atoms with E-state index in [0.717, 1.165) is 42.1 Å². The zero-order valence-corrected chi connectivity index (χ0v) is 19.0. The summed E-state index contributed by atoms with van der Waals surface area (Å²) in [6, 6.07) is 5.79. The van der Waals surface area contributed by atoms with Gasteiger partial charge >= 0.3 is 0 Å². The molecular formula is C22H25N3O3S2. The van der Waals surface area contributed by atoms with Gasteiger partial charge in [-0.15, -0.1) is 11.3 Å². The number of carbonyl (C=O) groups excluding carboxylic acids is 1. The number of nitrogens with zero attached hydrogens (tertiary/aromatic N) is 3. The van der Waals surface area contributed by atoms with Crippen LogP contribution in [0.15, 0.2) is 33.5 Å². The number of hydrogen-bond donors (Lipinski definition) is 0. The van der Waals surface area contributed by atoms with E-state index in [9.17, 15) is 4.79 Å². The molecule has 1 saturated carbocycles. The fourth-order valence-electron chi connectivity index (χ4n) is 3.78. The van der Waals surface area contributed by atoms with Crippen molar-refractivity contribution in [1.82, 2.24) is 9.88 Å². The van der Waals surface area contributed by atoms with Crippen LogP contribution < -0.4 is 9.47 Å². The van der Waals surface area contributed by atoms with Gasteiger partial charge in [-0.2, -0.15) is 4.99 Å². The number of amidine groups is 1. The van der Waals surface area contributed by atoms with Crippen molar-refractivity contribution in [3.05, 3.63) is 39.7 Å². The zero-order valence-electron chi connectivity index (χ0n) is 17.4. The van der Waals surface area contributed by atoms with Gasteiger partial charge in [0.15, 0.2) is 5.17 Å². The maximum atomic E-state index is 13.4. The molecule has 1 amide bonds. The fourth-order valence-corrected chi connectivity index (χ4v) is 5.53. The van der Waals surface area contributed by atoms with Gasteiger partial charge in [-0.3, -0.25) is 9.69 Å². The van der Waals surface area contributed by atoms with E-state index in [1.54, 1.807) is 14.2 Å². The Morgan fingerprint density at radius 2 is 2.00 bits per heavy atom. The van der Waals surface area contributed by atoms with E-state index in [2.05, 4.69) is 4.98 Å². The first-order valence-corrected chi connectivity index (χ1v) is 11.7. The van der Waals surface area contributed by atoms with Gasteiger partial charge in [-0.1, -0.05) is 19.3 Å². The van der Waals surface area contributed by atoms with E-state index in [1.807, 2.05) is 41.5 Å². The molecule has 8 heteroatoms. The Bertz CT molecular complexity index is 993. The molecule has 1 saturated heterocycles. The van der Waals surface area contributed by atoms with Gasteiger partial charge in [0.05, 0.1) is 24.8 Å². The minimum Gasteiger partial charge on any atom is -0.497 e. The number of methoxy groups -OCH3 is 2. The molecule has 0 bridgehead atoms. The normalized spacial score (nSPS) is 20.4. The van der Waals surface area contributed by atoms with E-state index in [0.29, 0.717) is 21.5 Å². The summed E-state index contributed by atoms with van der Waals surface area (Å²) in [5, 5.41) is 3.39. The van der Waals surface area contributed by atoms with Gasteiger partial charge in [0.1, 0.15) is 11.5 Å². The molecule has 2 heterocycles. The second-order valence-electron chi connectivity index (χ2n) is 7.35. The lowest BCUT2D eigenvalue weighted by Crippen LogP contribution is -2.40. The Balaban J connectivity index is 1.70. The van der Waals surface area contributed by atoms with Gasteiger partial charge in [0.25, 0.3) is 5.91 Å². The van der Waals surface area contributed by atoms with Gasteiger partial charge in [0, 0.05) is 23.1 Å². The standard InChI is InChI=1S/C22H25N3O3S2/c1-14-13-29-21(23-14)24-22-25(16-7-5-4-6-8-16)20(26)19(30-22)11-15-9-10-17(27-2)12-18(15)28-3/h9-13,16H,4-8H2,1-3H3/b19-11-,24-22+. The van der Waals surface area contributed by atoms with Crippen LogP contribution in [0.1, 0.15) is 43.4 Å². The van der Waals surface area contributed by atoms with Crippen LogP contribution in [0, 0.1) is 6.92 Å². The van der Waals surface area contributed by atoms with Gasteiger partial charge in [-0.05, 0) is 49.7 Å². The first-order chi connectivity index (χ1) is 14.6. The third kappa shape index (κ3) is 4.39. The van der Waals surface area contributed by atoms with E-state index >= 15 is 0 Å². The van der Waals surface area contributed by atoms with Crippen molar-refractivity contribution in [2.45, 2.75) is 45.1 Å². The largest absolute Gasteiger partial charge is 0.497 e. The van der Waals surface area contributed by atoms with Crippen LogP contribution in [-0.2, 0) is 4.79 Å². The van der Waals surface area contributed by atoms with E-state index in [-0.39, 0.29) is 11.9 Å². The lowest BCUT2D eigenvalue weighted by atomic mass is 9.94. The van der Waals surface area contributed by atoms with Crippen LogP contribution in [0.5, 0.6) is 11.5 Å². The summed E-state index contributed by atoms with van der Waals surface area (Å²) < 4.78 is 10.8. The summed E-state index contributed by atoms with van der Waals surface area (Å²) in [6.45, 7) is 1.95. The SMILES string of the molecule is COc1ccc(/C=C2\S/C(=N/c3nc(C)cs3)N(C3CCCCC3)C2=O)c(OC)c1. The smallest absolute Gasteiger partial charge is 0.267 e. The summed E-state index contributed by atoms with van der Waals surface area (Å²) in [6.07, 6.45) is 7.44. The summed E-state index contributed by atoms with van der Waals surface area (Å²) in [4.78, 5) is 25.2. The van der Waals surface area contributed by atoms with Gasteiger partial charge in [-0.25, -0.2) is 4.98 Å². The average molecular weight is 444 g/mol. The molecule has 0 radical (unpaired) electrons. The van der Waals surface area contributed by atoms with Crippen LogP contribution in [-0.4, -0.2) is 41.2 Å². The average Bonchev–Trinajstić information content (AvgIpc) is 3.31. The number of hydrogen-bond acceptors (Lipinski definition) is 7. The number of benzene rings is 1. The monoisotopic (exact) mass is 443 g/mol. The van der Waals surface area contributed by atoms with Crippen LogP contribution in [0.25, 0.3) is 6.08 Å². The quantitative estimate of drug-likeness (QED) is 0.579. The van der Waals surface area contributed by atoms with Crippen LogP contribution in [0.4, 0.5) is 5.13 Å². The molecule has 0 atom stereocenters. The van der Waals surface area contributed by atoms with Gasteiger partial charge in [0.2, 0.25) is 5.13 Å². The number of rotatable bonds is 5. The molecule has 1 aromatic carbocycles. The minimum atomic E-state index is 0.0109. The molecule has 2 fully saturated rings. The molecule has 2 aromatic rings. The molecule has 0 spiro atoms. The summed E-state index contributed by atoms with van der Waals surface area (Å²) in [5.74, 6) is 1.39. The van der Waals surface area contributed by atoms with Crippen LogP contribution in [0.2, 0.25) is 0 Å². The molecule has 30 heavy (non-hydrogen) atoms. The predicted octanol–water partition coefficient (Wildman–Crippen LogP) is 5.41. The molecule has 2 aliphatic rings. The second-order valence-corrected chi connectivity index (χ2v) is 9.20. The maximum absolute atomic E-state index is 13.4. The van der Waals surface area contributed by atoms with Crippen LogP contribution >= 0.6 is 23.1 Å². The predicted molar refractivity (Wildman–Crippen MR) is 123 cm³/mol. The fraction of sp³-hybridized carbons (Fsp3) is 0.409. The van der Waals surface area contributed by atoms with Crippen LogP contribution in [0.3, 0.4) is 0 Å². The minimum absolute atomic E-state index is 0.0109. The van der Waals surface area contributed by atoms with Crippen molar-refractivity contribution in [3.8, 4) is 11.5 Å². The molecule has 1 aliphatic heterocycles. The number of carbonyl (C=O) groups is 1. The van der Waals surface area contributed by atoms with Crippen molar-refractivity contribution in [1.29, 1.82) is 0 Å². The number of aliphatic imine (C=N–C) groups is 1. The number of thioether (sulfide) groups is 1. The van der Waals surface area contributed by atoms with Crippen molar-refractivity contribution < 1.29 is 14.3 Å². The van der Waals surface area contributed by atoms with Gasteiger partial charge < -0.3 is 9.47 Å². The van der Waals surface area contributed by atoms with Crippen molar-refractivity contribution in [3.63, 3.8) is 0 Å². The van der Waals surface area contributed by atoms with E-state index in [4.69, 9.17) is 14.5 Å². The highest BCUT2D eigenvalue weighted by molar-refractivity contribution is 8.18. The molecule has 6 nitrogen and oxygen atoms in total. The number of ether oxygens (including phenoxy) is 2. The number of amides is 1. The first-order valence-electron chi connectivity index (χ1n) is 10.0. The Labute approximate surface area is 185 Å². The lowest BCUT2D eigenvalue weighted by molar-refractivity contribution is -0.124. The number of aromatic nitrogens is 1. The first kappa shape index (κ1) is 20.9. The lowest BCUT2D eigenvalue weighted by Gasteiger charge is -2.30. The Morgan fingerprint density at radius 1 is 1.20 bits per heavy atom. The molecule has 1 aliphatic carbocycles. The topological polar surface area (TPSA) is 64.0 Å². The summed E-state index contributed by atoms with van der Waals surface area (Å²) in [7, 11) is 3.24. The van der Waals surface area contributed by atoms with Crippen molar-refractivity contribution in [2.24, 2.45) is 4.99 Å². The molecule has 0 unspecified atom stereocenters. The third-order valence-electron chi connectivity index (χ3n) is 5.30. The zero-order chi connectivity index (χ0) is 21.1. The number of aryl methyl sites for hydroxylation is 1. The highest BCUT2D eigenvalue weighted by Crippen LogP contribution is 2.40. The highest BCUT2D eigenvalue weighted by Gasteiger charge is 2.39. The Kier molecular flexibility index (Phi) is 6.43. The second kappa shape index (κ2) is 9.22. The Morgan fingerprint density at radius 3 is 2.67 bits per heavy atom. The Hall–Kier alpha value is -2.32. The van der Waals surface area contributed by atoms with Crippen molar-refractivity contribution in [2.75, 3.05) is 14.2 Å². The molecular weight excluding hydrogens is 418 g/mol. The molecule has 0 N–H and O–H groups in total. The molecule has 1 aromatic heterocycles. The van der Waals surface area contributed by atoms with E-state index in [1.165, 1.54) is 29.5 Å². The molecule has 158 valence electrons. The van der Waals surface area contributed by atoms with E-state index < -0.39 is 0 Å². The maximum Gasteiger partial charge on any atom is 0.267 e. The molecule has 4 rings (SSSR count). The number of thiazole rings is 1. The third-order valence-corrected chi connectivity index (χ3v) is 7.14. The van der Waals surface area contributed by atoms with Crippen molar-refractivity contribution >= 4 is 45.4 Å². The summed E-state index contributed by atoms with van der Waals surface area (Å²) >= 11 is 2.91.